The molecule has 0 spiro atoms. The van der Waals surface area contributed by atoms with Crippen molar-refractivity contribution in [2.75, 3.05) is 6.61 Å². The number of aryl methyl sites for hydroxylation is 4. The van der Waals surface area contributed by atoms with E-state index >= 15 is 0 Å². The van der Waals surface area contributed by atoms with Gasteiger partial charge in [0.1, 0.15) is 31.8 Å². The van der Waals surface area contributed by atoms with Crippen LogP contribution in [-0.4, -0.2) is 6.61 Å². The van der Waals surface area contributed by atoms with Gasteiger partial charge in [0.2, 0.25) is 0 Å². The molecule has 0 aliphatic carbocycles. The van der Waals surface area contributed by atoms with Gasteiger partial charge in [-0.25, -0.2) is 0 Å². The summed E-state index contributed by atoms with van der Waals surface area (Å²) in [4.78, 5) is 0. The van der Waals surface area contributed by atoms with Gasteiger partial charge in [0.25, 0.3) is 0 Å². The van der Waals surface area contributed by atoms with E-state index < -0.39 is 15.8 Å². The first kappa shape index (κ1) is 48.9. The van der Waals surface area contributed by atoms with Crippen molar-refractivity contribution < 1.29 is 25.5 Å². The van der Waals surface area contributed by atoms with E-state index in [1.54, 1.807) is 12.1 Å². The second-order valence-corrected chi connectivity index (χ2v) is 22.6. The molecule has 5 heteroatoms. The molecule has 0 saturated carbocycles. The van der Waals surface area contributed by atoms with Gasteiger partial charge in [-0.2, -0.15) is 0 Å². The van der Waals surface area contributed by atoms with Gasteiger partial charge in [-0.1, -0.05) is 163 Å². The van der Waals surface area contributed by atoms with E-state index in [4.69, 9.17) is 5.26 Å². The first-order chi connectivity index (χ1) is 30.9. The molecule has 0 amide bonds. The number of rotatable bonds is 7. The van der Waals surface area contributed by atoms with Crippen LogP contribution in [0.4, 0.5) is 0 Å². The smallest absolute Gasteiger partial charge is 0.854 e. The zero-order valence-electron chi connectivity index (χ0n) is 38.4. The van der Waals surface area contributed by atoms with Gasteiger partial charge in [0.15, 0.2) is 0 Å². The third kappa shape index (κ3) is 12.2. The van der Waals surface area contributed by atoms with Crippen LogP contribution in [0.1, 0.15) is 48.6 Å². The Hall–Kier alpha value is -5.53. The van der Waals surface area contributed by atoms with Gasteiger partial charge in [-0.05, 0) is 116 Å². The summed E-state index contributed by atoms with van der Waals surface area (Å²) in [5.41, 5.74) is 8.50. The Balaban J connectivity index is 0.000000403. The fraction of sp³-hybridized carbons (Fsp3) is 0.150. The molecular formula is C60H57NOP2Pd+2. The summed E-state index contributed by atoms with van der Waals surface area (Å²) in [6.07, 6.45) is 0. The van der Waals surface area contributed by atoms with Crippen molar-refractivity contribution in [1.29, 1.82) is 5.26 Å². The first-order valence-corrected chi connectivity index (χ1v) is 25.0. The minimum Gasteiger partial charge on any atom is -0.854 e. The molecule has 0 saturated heterocycles. The second-order valence-electron chi connectivity index (χ2n) is 17.7. The topological polar surface area (TPSA) is 46.8 Å². The van der Waals surface area contributed by atoms with Gasteiger partial charge in [-0.15, -0.1) is 36.9 Å². The van der Waals surface area contributed by atoms with Crippen LogP contribution in [0.25, 0.3) is 32.7 Å². The average molecular weight is 976 g/mol. The molecule has 9 aromatic carbocycles. The van der Waals surface area contributed by atoms with Crippen LogP contribution in [0.3, 0.4) is 0 Å². The number of nitrogens with zero attached hydrogens (tertiary/aromatic N) is 1. The first-order valence-electron chi connectivity index (χ1n) is 22.0. The molecule has 0 aliphatic heterocycles. The number of benzene rings is 9. The quantitative estimate of drug-likeness (QED) is 0.0908. The van der Waals surface area contributed by atoms with Crippen LogP contribution in [0.15, 0.2) is 194 Å². The van der Waals surface area contributed by atoms with E-state index in [9.17, 15) is 5.11 Å². The summed E-state index contributed by atoms with van der Waals surface area (Å²) in [7, 11) is -2.83. The molecule has 9 aromatic rings. The van der Waals surface area contributed by atoms with E-state index in [2.05, 4.69) is 204 Å². The molecule has 9 rings (SSSR count). The summed E-state index contributed by atoms with van der Waals surface area (Å²) >= 11 is 0. The van der Waals surface area contributed by atoms with E-state index in [0.717, 1.165) is 0 Å². The van der Waals surface area contributed by atoms with E-state index in [0.29, 0.717) is 5.56 Å². The fourth-order valence-electron chi connectivity index (χ4n) is 7.80. The molecular weight excluding hydrogens is 919 g/mol. The SMILES string of the molecule is CC(C)(C)C[O-].Cc1ccc([PH+](c2ccc(C)cc2)c2ccc3ccccc3c2-c2c([PH+](c3ccc(C)cc3)c3ccc(C)cc3)ccc3ccccc23)cc1.N#Cc1[c-]cccc1.[Pd+2]. The Morgan fingerprint density at radius 2 is 0.785 bits per heavy atom. The Kier molecular flexibility index (Phi) is 17.0. The minimum absolute atomic E-state index is 0. The zero-order chi connectivity index (χ0) is 45.2. The zero-order valence-corrected chi connectivity index (χ0v) is 41.9. The van der Waals surface area contributed by atoms with Crippen LogP contribution in [-0.2, 0) is 20.4 Å². The summed E-state index contributed by atoms with van der Waals surface area (Å²) in [6.45, 7) is 14.6. The monoisotopic (exact) mass is 975 g/mol. The summed E-state index contributed by atoms with van der Waals surface area (Å²) < 4.78 is 0. The molecule has 0 fully saturated rings. The summed E-state index contributed by atoms with van der Waals surface area (Å²) in [5.74, 6) is 0. The second kappa shape index (κ2) is 22.6. The third-order valence-electron chi connectivity index (χ3n) is 11.3. The van der Waals surface area contributed by atoms with Crippen molar-refractivity contribution in [2.45, 2.75) is 48.5 Å². The maximum Gasteiger partial charge on any atom is 2.00 e. The largest absolute Gasteiger partial charge is 2.00 e. The van der Waals surface area contributed by atoms with Crippen molar-refractivity contribution in [3.05, 3.63) is 228 Å². The van der Waals surface area contributed by atoms with Crippen LogP contribution in [0, 0.1) is 50.5 Å². The molecule has 2 nitrogen and oxygen atoms in total. The Morgan fingerprint density at radius 1 is 0.462 bits per heavy atom. The Morgan fingerprint density at radius 3 is 1.06 bits per heavy atom. The number of fused-ring (bicyclic) bond motifs is 2. The molecule has 0 aromatic heterocycles. The average Bonchev–Trinajstić information content (AvgIpc) is 3.32. The summed E-state index contributed by atoms with van der Waals surface area (Å²) in [5, 5.41) is 31.9. The molecule has 0 aliphatic rings. The van der Waals surface area contributed by atoms with E-state index in [1.165, 1.54) is 86.8 Å². The molecule has 0 heterocycles. The van der Waals surface area contributed by atoms with Crippen molar-refractivity contribution in [3.63, 3.8) is 0 Å². The van der Waals surface area contributed by atoms with Crippen LogP contribution in [0.2, 0.25) is 0 Å². The predicted molar refractivity (Wildman–Crippen MR) is 280 cm³/mol. The predicted octanol–water partition coefficient (Wildman–Crippen LogP) is 11.6. The number of nitriles is 1. The van der Waals surface area contributed by atoms with Crippen molar-refractivity contribution in [3.8, 4) is 17.2 Å². The van der Waals surface area contributed by atoms with Gasteiger partial charge in [0.05, 0.1) is 15.8 Å². The van der Waals surface area contributed by atoms with E-state index in [1.807, 2.05) is 39.0 Å². The maximum absolute atomic E-state index is 9.95. The van der Waals surface area contributed by atoms with Gasteiger partial charge >= 0.3 is 20.4 Å². The minimum atomic E-state index is -1.42. The molecule has 65 heavy (non-hydrogen) atoms. The van der Waals surface area contributed by atoms with Crippen LogP contribution < -0.4 is 36.9 Å². The van der Waals surface area contributed by atoms with E-state index in [-0.39, 0.29) is 32.4 Å². The van der Waals surface area contributed by atoms with Crippen LogP contribution >= 0.6 is 15.8 Å². The number of hydrogen-bond acceptors (Lipinski definition) is 2. The van der Waals surface area contributed by atoms with Gasteiger partial charge < -0.3 is 5.11 Å². The maximum atomic E-state index is 9.95. The summed E-state index contributed by atoms with van der Waals surface area (Å²) in [6, 6.07) is 76.8. The number of hydrogen-bond donors (Lipinski definition) is 0. The Bertz CT molecular complexity index is 2720. The fourth-order valence-corrected chi connectivity index (χ4v) is 13.2. The molecule has 326 valence electrons. The van der Waals surface area contributed by atoms with Crippen molar-refractivity contribution in [2.24, 2.45) is 5.41 Å². The van der Waals surface area contributed by atoms with Crippen molar-refractivity contribution >= 4 is 69.2 Å². The Labute approximate surface area is 403 Å². The molecule has 0 bridgehead atoms. The molecule has 0 radical (unpaired) electrons. The normalized spacial score (nSPS) is 11.0. The molecule has 0 atom stereocenters. The molecule has 0 unspecified atom stereocenters. The van der Waals surface area contributed by atoms with Gasteiger partial charge in [0, 0.05) is 11.1 Å². The van der Waals surface area contributed by atoms with Crippen LogP contribution in [0.5, 0.6) is 0 Å². The van der Waals surface area contributed by atoms with Crippen molar-refractivity contribution in [1.82, 2.24) is 0 Å². The van der Waals surface area contributed by atoms with Gasteiger partial charge in [-0.3, -0.25) is 5.26 Å². The third-order valence-corrected chi connectivity index (χ3v) is 16.8. The standard InChI is InChI=1S/C48H40P2.C7H4N.C5H11O.Pd/c1-33-13-23-39(24-14-33)49(40-25-15-34(2)16-26-40)45-31-21-37-9-5-7-11-43(37)47(45)48-44-12-8-6-10-38(44)22-32-46(48)50(41-27-17-35(3)18-28-41)42-29-19-36(4)20-30-42;8-6-7-4-2-1-3-5-7;1-5(2,3)4-6;/h5-32H,1-4H3;1-4H;4H2,1-3H3;/q;2*-1;+2/p+2. The molecule has 0 N–H and O–H groups in total.